The fourth-order valence-electron chi connectivity index (χ4n) is 1.97. The zero-order chi connectivity index (χ0) is 15.2. The first-order valence-electron chi connectivity index (χ1n) is 6.49. The van der Waals surface area contributed by atoms with Crippen LogP contribution in [0.5, 0.6) is 11.5 Å². The van der Waals surface area contributed by atoms with Crippen LogP contribution < -0.4 is 15.2 Å². The largest absolute Gasteiger partial charge is 0.497 e. The highest BCUT2D eigenvalue weighted by atomic mass is 16.5. The minimum Gasteiger partial charge on any atom is -0.497 e. The van der Waals surface area contributed by atoms with E-state index < -0.39 is 5.97 Å². The molecule has 0 fully saturated rings. The summed E-state index contributed by atoms with van der Waals surface area (Å²) in [7, 11) is 1.62. The number of benzene rings is 2. The summed E-state index contributed by atoms with van der Waals surface area (Å²) >= 11 is 0. The summed E-state index contributed by atoms with van der Waals surface area (Å²) in [5.41, 5.74) is 6.95. The number of hydrogen-bond donors (Lipinski definition) is 2. The van der Waals surface area contributed by atoms with Crippen LogP contribution in [0.15, 0.2) is 42.5 Å². The molecular formula is C16H17NO4. The monoisotopic (exact) mass is 287 g/mol. The van der Waals surface area contributed by atoms with Gasteiger partial charge in [-0.05, 0) is 29.8 Å². The molecule has 0 saturated heterocycles. The first-order valence-corrected chi connectivity index (χ1v) is 6.49. The molecule has 0 spiro atoms. The summed E-state index contributed by atoms with van der Waals surface area (Å²) in [5, 5.41) is 9.15. The lowest BCUT2D eigenvalue weighted by molar-refractivity contribution is 0.0693. The van der Waals surface area contributed by atoms with Gasteiger partial charge in [0.1, 0.15) is 17.1 Å². The molecule has 21 heavy (non-hydrogen) atoms. The number of ether oxygens (including phenoxy) is 2. The van der Waals surface area contributed by atoms with E-state index in [0.717, 1.165) is 11.3 Å². The Bertz CT molecular complexity index is 623. The molecule has 3 N–H and O–H groups in total. The molecule has 0 aromatic heterocycles. The van der Waals surface area contributed by atoms with Crippen molar-refractivity contribution in [3.8, 4) is 11.5 Å². The van der Waals surface area contributed by atoms with E-state index >= 15 is 0 Å². The second-order valence-corrected chi connectivity index (χ2v) is 4.47. The van der Waals surface area contributed by atoms with Gasteiger partial charge in [0.05, 0.1) is 13.7 Å². The summed E-state index contributed by atoms with van der Waals surface area (Å²) in [6, 6.07) is 12.5. The molecule has 110 valence electrons. The van der Waals surface area contributed by atoms with Crippen molar-refractivity contribution in [2.45, 2.75) is 6.42 Å². The smallest absolute Gasteiger partial charge is 0.341 e. The van der Waals surface area contributed by atoms with Gasteiger partial charge >= 0.3 is 5.97 Å². The van der Waals surface area contributed by atoms with Crippen LogP contribution in [0, 0.1) is 0 Å². The summed E-state index contributed by atoms with van der Waals surface area (Å²) < 4.78 is 10.6. The Morgan fingerprint density at radius 2 is 1.90 bits per heavy atom. The fraction of sp³-hybridized carbons (Fsp3) is 0.188. The molecule has 2 aromatic rings. The average molecular weight is 287 g/mol. The summed E-state index contributed by atoms with van der Waals surface area (Å²) in [6.07, 6.45) is 0.665. The third-order valence-electron chi connectivity index (χ3n) is 3.08. The molecule has 0 saturated carbocycles. The summed E-state index contributed by atoms with van der Waals surface area (Å²) in [6.45, 7) is 0.371. The molecule has 0 bridgehead atoms. The molecule has 0 unspecified atom stereocenters. The number of carboxylic acid groups (broad SMARTS) is 1. The Morgan fingerprint density at radius 3 is 2.52 bits per heavy atom. The molecule has 0 aliphatic rings. The fourth-order valence-corrected chi connectivity index (χ4v) is 1.97. The standard InChI is InChI=1S/C16H17NO4/c1-20-12-7-5-11(6-8-12)9-10-21-14-4-2-3-13(17)15(14)16(18)19/h2-8H,9-10,17H2,1H3,(H,18,19). The number of methoxy groups -OCH3 is 1. The molecule has 0 aliphatic heterocycles. The topological polar surface area (TPSA) is 81.8 Å². The molecule has 0 atom stereocenters. The third kappa shape index (κ3) is 3.66. The maximum absolute atomic E-state index is 11.2. The van der Waals surface area contributed by atoms with Gasteiger partial charge in [0.2, 0.25) is 0 Å². The highest BCUT2D eigenvalue weighted by Gasteiger charge is 2.14. The van der Waals surface area contributed by atoms with Gasteiger partial charge in [0.25, 0.3) is 0 Å². The third-order valence-corrected chi connectivity index (χ3v) is 3.08. The van der Waals surface area contributed by atoms with Crippen molar-refractivity contribution in [2.75, 3.05) is 19.5 Å². The van der Waals surface area contributed by atoms with Crippen molar-refractivity contribution < 1.29 is 19.4 Å². The maximum atomic E-state index is 11.2. The predicted molar refractivity (Wildman–Crippen MR) is 80.0 cm³/mol. The second-order valence-electron chi connectivity index (χ2n) is 4.47. The Kier molecular flexibility index (Phi) is 4.66. The van der Waals surface area contributed by atoms with Crippen LogP contribution in [0.3, 0.4) is 0 Å². The zero-order valence-corrected chi connectivity index (χ0v) is 11.7. The lowest BCUT2D eigenvalue weighted by Crippen LogP contribution is -2.08. The average Bonchev–Trinajstić information content (AvgIpc) is 2.47. The van der Waals surface area contributed by atoms with Gasteiger partial charge < -0.3 is 20.3 Å². The number of hydrogen-bond acceptors (Lipinski definition) is 4. The van der Waals surface area contributed by atoms with Crippen molar-refractivity contribution in [3.63, 3.8) is 0 Å². The number of nitrogen functional groups attached to an aromatic ring is 1. The molecule has 5 heteroatoms. The molecule has 0 heterocycles. The Hall–Kier alpha value is -2.69. The second kappa shape index (κ2) is 6.65. The summed E-state index contributed by atoms with van der Waals surface area (Å²) in [4.78, 5) is 11.2. The lowest BCUT2D eigenvalue weighted by atomic mass is 10.1. The molecular weight excluding hydrogens is 270 g/mol. The van der Waals surface area contributed by atoms with E-state index in [9.17, 15) is 4.79 Å². The van der Waals surface area contributed by atoms with E-state index in [2.05, 4.69) is 0 Å². The van der Waals surface area contributed by atoms with E-state index in [1.807, 2.05) is 24.3 Å². The van der Waals surface area contributed by atoms with E-state index in [4.69, 9.17) is 20.3 Å². The van der Waals surface area contributed by atoms with Crippen LogP contribution in [0.25, 0.3) is 0 Å². The summed E-state index contributed by atoms with van der Waals surface area (Å²) in [5.74, 6) is -0.00720. The highest BCUT2D eigenvalue weighted by molar-refractivity contribution is 5.96. The van der Waals surface area contributed by atoms with Gasteiger partial charge in [0, 0.05) is 12.1 Å². The Morgan fingerprint density at radius 1 is 1.19 bits per heavy atom. The number of rotatable bonds is 6. The quantitative estimate of drug-likeness (QED) is 0.798. The Labute approximate surface area is 122 Å². The van der Waals surface area contributed by atoms with Gasteiger partial charge in [-0.3, -0.25) is 0 Å². The first-order chi connectivity index (χ1) is 10.1. The van der Waals surface area contributed by atoms with Crippen LogP contribution in [0.2, 0.25) is 0 Å². The molecule has 2 aromatic carbocycles. The van der Waals surface area contributed by atoms with Gasteiger partial charge in [-0.15, -0.1) is 0 Å². The van der Waals surface area contributed by atoms with Gasteiger partial charge in [-0.2, -0.15) is 0 Å². The van der Waals surface area contributed by atoms with Crippen LogP contribution >= 0.6 is 0 Å². The number of carbonyl (C=O) groups is 1. The Balaban J connectivity index is 2.00. The van der Waals surface area contributed by atoms with Crippen LogP contribution in [-0.2, 0) is 6.42 Å². The van der Waals surface area contributed by atoms with Gasteiger partial charge in [0.15, 0.2) is 0 Å². The SMILES string of the molecule is COc1ccc(CCOc2cccc(N)c2C(=O)O)cc1. The number of aromatic carboxylic acids is 1. The van der Waals surface area contributed by atoms with Crippen molar-refractivity contribution >= 4 is 11.7 Å². The minimum absolute atomic E-state index is 0.00670. The highest BCUT2D eigenvalue weighted by Crippen LogP contribution is 2.24. The zero-order valence-electron chi connectivity index (χ0n) is 11.7. The van der Waals surface area contributed by atoms with Crippen molar-refractivity contribution in [1.29, 1.82) is 0 Å². The van der Waals surface area contributed by atoms with Gasteiger partial charge in [-0.1, -0.05) is 18.2 Å². The molecule has 2 rings (SSSR count). The van der Waals surface area contributed by atoms with Crippen molar-refractivity contribution in [1.82, 2.24) is 0 Å². The van der Waals surface area contributed by atoms with E-state index in [0.29, 0.717) is 13.0 Å². The lowest BCUT2D eigenvalue weighted by Gasteiger charge is -2.11. The first kappa shape index (κ1) is 14.7. The number of carboxylic acids is 1. The van der Waals surface area contributed by atoms with Crippen molar-refractivity contribution in [3.05, 3.63) is 53.6 Å². The normalized spacial score (nSPS) is 10.1. The minimum atomic E-state index is -1.09. The molecule has 0 aliphatic carbocycles. The maximum Gasteiger partial charge on any atom is 0.341 e. The van der Waals surface area contributed by atoms with E-state index in [-0.39, 0.29) is 17.0 Å². The van der Waals surface area contributed by atoms with E-state index in [1.54, 1.807) is 25.3 Å². The predicted octanol–water partition coefficient (Wildman–Crippen LogP) is 2.60. The molecule has 0 amide bonds. The molecule has 0 radical (unpaired) electrons. The number of nitrogens with two attached hydrogens (primary N) is 1. The van der Waals surface area contributed by atoms with Gasteiger partial charge in [-0.25, -0.2) is 4.79 Å². The molecule has 5 nitrogen and oxygen atoms in total. The van der Waals surface area contributed by atoms with Crippen LogP contribution in [0.4, 0.5) is 5.69 Å². The van der Waals surface area contributed by atoms with E-state index in [1.165, 1.54) is 0 Å². The van der Waals surface area contributed by atoms with Crippen LogP contribution in [0.1, 0.15) is 15.9 Å². The van der Waals surface area contributed by atoms with Crippen LogP contribution in [-0.4, -0.2) is 24.8 Å². The number of anilines is 1. The van der Waals surface area contributed by atoms with Crippen molar-refractivity contribution in [2.24, 2.45) is 0 Å².